The number of H-pyrrole nitrogens is 1. The van der Waals surface area contributed by atoms with E-state index < -0.39 is 0 Å². The van der Waals surface area contributed by atoms with Gasteiger partial charge in [-0.1, -0.05) is 32.1 Å². The van der Waals surface area contributed by atoms with Crippen LogP contribution in [0.1, 0.15) is 80.4 Å². The highest BCUT2D eigenvalue weighted by atomic mass is 32.1. The van der Waals surface area contributed by atoms with Crippen LogP contribution in [0.2, 0.25) is 0 Å². The summed E-state index contributed by atoms with van der Waals surface area (Å²) in [5.74, 6) is 1.03. The van der Waals surface area contributed by atoms with E-state index in [0.29, 0.717) is 11.4 Å². The zero-order valence-corrected chi connectivity index (χ0v) is 20.0. The van der Waals surface area contributed by atoms with Crippen molar-refractivity contribution in [1.29, 1.82) is 0 Å². The van der Waals surface area contributed by atoms with Crippen LogP contribution in [0.4, 0.5) is 5.13 Å². The van der Waals surface area contributed by atoms with Gasteiger partial charge in [0.2, 0.25) is 0 Å². The molecule has 0 aromatic carbocycles. The molecule has 6 rings (SSSR count). The van der Waals surface area contributed by atoms with Gasteiger partial charge in [0.25, 0.3) is 5.56 Å². The molecule has 0 amide bonds. The number of likely N-dealkylation sites (tertiary alicyclic amines) is 1. The summed E-state index contributed by atoms with van der Waals surface area (Å²) in [5, 5.41) is 6.25. The van der Waals surface area contributed by atoms with Crippen molar-refractivity contribution in [3.05, 3.63) is 33.4 Å². The van der Waals surface area contributed by atoms with Crippen LogP contribution in [-0.4, -0.2) is 55.8 Å². The van der Waals surface area contributed by atoms with Crippen molar-refractivity contribution in [2.24, 2.45) is 0 Å². The quantitative estimate of drug-likeness (QED) is 0.609. The van der Waals surface area contributed by atoms with Gasteiger partial charge in [-0.25, -0.2) is 14.6 Å². The average Bonchev–Trinajstić information content (AvgIpc) is 3.35. The Bertz CT molecular complexity index is 1150. The van der Waals surface area contributed by atoms with Gasteiger partial charge >= 0.3 is 0 Å². The topological polar surface area (TPSA) is 82.9 Å². The van der Waals surface area contributed by atoms with E-state index in [1.165, 1.54) is 62.9 Å². The minimum absolute atomic E-state index is 0.0653. The normalized spacial score (nSPS) is 21.4. The van der Waals surface area contributed by atoms with E-state index in [-0.39, 0.29) is 11.5 Å². The predicted molar refractivity (Wildman–Crippen MR) is 131 cm³/mol. The van der Waals surface area contributed by atoms with Crippen molar-refractivity contribution in [3.8, 4) is 0 Å². The van der Waals surface area contributed by atoms with Gasteiger partial charge in [-0.3, -0.25) is 9.69 Å². The smallest absolute Gasteiger partial charge is 0.262 e. The molecular weight excluding hydrogens is 434 g/mol. The van der Waals surface area contributed by atoms with Crippen LogP contribution in [0.15, 0.2) is 17.2 Å². The largest absolute Gasteiger partial charge is 0.346 e. The van der Waals surface area contributed by atoms with Gasteiger partial charge < -0.3 is 9.88 Å². The number of aromatic amines is 1. The summed E-state index contributed by atoms with van der Waals surface area (Å²) in [6, 6.07) is 0.370. The highest BCUT2D eigenvalue weighted by molar-refractivity contribution is 7.15. The van der Waals surface area contributed by atoms with E-state index in [0.717, 1.165) is 49.1 Å². The van der Waals surface area contributed by atoms with E-state index >= 15 is 0 Å². The Labute approximate surface area is 198 Å². The number of anilines is 1. The Morgan fingerprint density at radius 1 is 1.00 bits per heavy atom. The Morgan fingerprint density at radius 2 is 1.76 bits per heavy atom. The Balaban J connectivity index is 1.14. The van der Waals surface area contributed by atoms with E-state index in [2.05, 4.69) is 19.9 Å². The molecular formula is C24H33N7OS. The van der Waals surface area contributed by atoms with E-state index in [9.17, 15) is 4.79 Å². The van der Waals surface area contributed by atoms with Gasteiger partial charge in [0.1, 0.15) is 11.2 Å². The first-order chi connectivity index (χ1) is 16.2. The number of aromatic nitrogens is 5. The van der Waals surface area contributed by atoms with Crippen molar-refractivity contribution >= 4 is 27.5 Å². The van der Waals surface area contributed by atoms with Crippen LogP contribution in [0.25, 0.3) is 11.0 Å². The fourth-order valence-corrected chi connectivity index (χ4v) is 6.55. The molecule has 176 valence electrons. The van der Waals surface area contributed by atoms with Crippen LogP contribution in [0.3, 0.4) is 0 Å². The van der Waals surface area contributed by atoms with Crippen molar-refractivity contribution in [2.45, 2.75) is 76.3 Å². The molecule has 0 radical (unpaired) electrons. The first-order valence-electron chi connectivity index (χ1n) is 12.6. The highest BCUT2D eigenvalue weighted by Crippen LogP contribution is 2.34. The maximum absolute atomic E-state index is 12.7. The van der Waals surface area contributed by atoms with E-state index in [1.807, 2.05) is 22.2 Å². The van der Waals surface area contributed by atoms with Gasteiger partial charge in [0.05, 0.1) is 18.2 Å². The molecule has 1 N–H and O–H groups in total. The number of nitrogens with zero attached hydrogens (tertiary/aromatic N) is 6. The number of nitrogens with one attached hydrogen (secondary N) is 1. The number of fused-ring (bicyclic) bond motifs is 1. The lowest BCUT2D eigenvalue weighted by molar-refractivity contribution is 0.279. The Hall–Kier alpha value is -2.26. The zero-order valence-electron chi connectivity index (χ0n) is 19.2. The minimum Gasteiger partial charge on any atom is -0.346 e. The molecule has 1 saturated carbocycles. The van der Waals surface area contributed by atoms with Gasteiger partial charge in [0, 0.05) is 30.7 Å². The molecule has 0 bridgehead atoms. The second-order valence-corrected chi connectivity index (χ2v) is 11.1. The van der Waals surface area contributed by atoms with E-state index in [4.69, 9.17) is 9.97 Å². The molecule has 9 heteroatoms. The summed E-state index contributed by atoms with van der Waals surface area (Å²) in [4.78, 5) is 31.6. The average molecular weight is 468 g/mol. The van der Waals surface area contributed by atoms with Crippen molar-refractivity contribution in [3.63, 3.8) is 0 Å². The SMILES string of the molecule is O=c1[nH]c(C2CN(c3ncc(CN4CCCCCC4)s3)C2)nc2c1cnn2C1CCCCC1. The van der Waals surface area contributed by atoms with Crippen LogP contribution in [0, 0.1) is 0 Å². The monoisotopic (exact) mass is 467 g/mol. The molecule has 3 aromatic heterocycles. The molecule has 2 saturated heterocycles. The van der Waals surface area contributed by atoms with Gasteiger partial charge in [-0.15, -0.1) is 11.3 Å². The minimum atomic E-state index is -0.0653. The number of hydrogen-bond donors (Lipinski definition) is 1. The first kappa shape index (κ1) is 21.3. The summed E-state index contributed by atoms with van der Waals surface area (Å²) in [5.41, 5.74) is 0.692. The highest BCUT2D eigenvalue weighted by Gasteiger charge is 2.33. The molecule has 1 aliphatic carbocycles. The molecule has 0 unspecified atom stereocenters. The third-order valence-electron chi connectivity index (χ3n) is 7.56. The number of thiazole rings is 1. The summed E-state index contributed by atoms with van der Waals surface area (Å²) in [7, 11) is 0. The summed E-state index contributed by atoms with van der Waals surface area (Å²) >= 11 is 1.81. The lowest BCUT2D eigenvalue weighted by Gasteiger charge is -2.38. The van der Waals surface area contributed by atoms with Crippen LogP contribution in [-0.2, 0) is 6.54 Å². The van der Waals surface area contributed by atoms with Crippen LogP contribution < -0.4 is 10.5 Å². The molecule has 33 heavy (non-hydrogen) atoms. The lowest BCUT2D eigenvalue weighted by Crippen LogP contribution is -2.46. The standard InChI is InChI=1S/C24H33N7OS/c32-23-20-13-26-31(18-8-4-3-5-9-18)22(20)27-21(28-23)17-14-30(15-17)24-25-12-19(33-24)16-29-10-6-1-2-7-11-29/h12-13,17-18H,1-11,14-16H2,(H,27,28,32). The zero-order chi connectivity index (χ0) is 22.2. The summed E-state index contributed by atoms with van der Waals surface area (Å²) < 4.78 is 2.01. The fourth-order valence-electron chi connectivity index (χ4n) is 5.58. The second kappa shape index (κ2) is 9.18. The lowest BCUT2D eigenvalue weighted by atomic mass is 9.96. The van der Waals surface area contributed by atoms with Crippen molar-refractivity contribution in [2.75, 3.05) is 31.1 Å². The number of rotatable bonds is 5. The molecule has 3 fully saturated rings. The summed E-state index contributed by atoms with van der Waals surface area (Å²) in [6.07, 6.45) is 15.1. The molecule has 5 heterocycles. The van der Waals surface area contributed by atoms with Crippen molar-refractivity contribution < 1.29 is 0 Å². The molecule has 0 spiro atoms. The molecule has 2 aliphatic heterocycles. The van der Waals surface area contributed by atoms with Gasteiger partial charge in [-0.05, 0) is 38.8 Å². The number of hydrogen-bond acceptors (Lipinski definition) is 7. The molecule has 3 aromatic rings. The molecule has 3 aliphatic rings. The molecule has 0 atom stereocenters. The second-order valence-electron chi connectivity index (χ2n) is 9.97. The Kier molecular flexibility index (Phi) is 5.92. The summed E-state index contributed by atoms with van der Waals surface area (Å²) in [6.45, 7) is 5.13. The maximum atomic E-state index is 12.7. The van der Waals surface area contributed by atoms with Crippen LogP contribution in [0.5, 0.6) is 0 Å². The fraction of sp³-hybridized carbons (Fsp3) is 0.667. The Morgan fingerprint density at radius 3 is 2.55 bits per heavy atom. The molecule has 8 nitrogen and oxygen atoms in total. The third-order valence-corrected chi connectivity index (χ3v) is 8.60. The first-order valence-corrected chi connectivity index (χ1v) is 13.5. The maximum Gasteiger partial charge on any atom is 0.262 e. The predicted octanol–water partition coefficient (Wildman–Crippen LogP) is 4.06. The van der Waals surface area contributed by atoms with E-state index in [1.54, 1.807) is 6.20 Å². The third kappa shape index (κ3) is 4.33. The van der Waals surface area contributed by atoms with Crippen molar-refractivity contribution in [1.82, 2.24) is 29.6 Å². The van der Waals surface area contributed by atoms with Gasteiger partial charge in [-0.2, -0.15) is 5.10 Å². The van der Waals surface area contributed by atoms with Gasteiger partial charge in [0.15, 0.2) is 10.8 Å². The van der Waals surface area contributed by atoms with Crippen LogP contribution >= 0.6 is 11.3 Å².